The van der Waals surface area contributed by atoms with Gasteiger partial charge in [-0.15, -0.1) is 0 Å². The molecule has 9 heteroatoms. The smallest absolute Gasteiger partial charge is 0.218 e. The Labute approximate surface area is 117 Å². The van der Waals surface area contributed by atoms with E-state index < -0.39 is 40.4 Å². The van der Waals surface area contributed by atoms with E-state index in [4.69, 9.17) is 0 Å². The molecule has 0 aliphatic rings. The number of carbonyl (C=O) groups excluding carboxylic acids is 1. The summed E-state index contributed by atoms with van der Waals surface area (Å²) in [6.07, 6.45) is 1.15. The van der Waals surface area contributed by atoms with Crippen LogP contribution in [0.4, 0.5) is 22.0 Å². The van der Waals surface area contributed by atoms with Crippen LogP contribution < -0.4 is 0 Å². The minimum absolute atomic E-state index is 0.0638. The molecule has 0 fully saturated rings. The van der Waals surface area contributed by atoms with Crippen LogP contribution in [0.3, 0.4) is 0 Å². The first kappa shape index (κ1) is 14.6. The third kappa shape index (κ3) is 2.01. The van der Waals surface area contributed by atoms with Crippen LogP contribution in [-0.2, 0) is 7.05 Å². The van der Waals surface area contributed by atoms with Crippen molar-refractivity contribution >= 4 is 21.7 Å². The third-order valence-corrected chi connectivity index (χ3v) is 3.13. The predicted molar refractivity (Wildman–Crippen MR) is 60.6 cm³/mol. The predicted octanol–water partition coefficient (Wildman–Crippen LogP) is 3.11. The fourth-order valence-electron chi connectivity index (χ4n) is 1.59. The zero-order chi connectivity index (χ0) is 15.2. The average Bonchev–Trinajstić information content (AvgIpc) is 2.73. The zero-order valence-corrected chi connectivity index (χ0v) is 11.2. The number of hydrogen-bond donors (Lipinski definition) is 0. The Morgan fingerprint density at radius 2 is 1.50 bits per heavy atom. The largest absolute Gasteiger partial charge is 0.287 e. The molecule has 0 bridgehead atoms. The summed E-state index contributed by atoms with van der Waals surface area (Å²) in [5, 5.41) is 3.63. The van der Waals surface area contributed by atoms with Gasteiger partial charge in [-0.05, 0) is 15.9 Å². The van der Waals surface area contributed by atoms with E-state index in [1.807, 2.05) is 0 Å². The molecular formula is C11H4BrF5N2O. The summed E-state index contributed by atoms with van der Waals surface area (Å²) in [6, 6.07) is 0. The van der Waals surface area contributed by atoms with Gasteiger partial charge >= 0.3 is 0 Å². The summed E-state index contributed by atoms with van der Waals surface area (Å²) in [5.41, 5.74) is -1.86. The lowest BCUT2D eigenvalue weighted by atomic mass is 10.1. The van der Waals surface area contributed by atoms with E-state index in [0.717, 1.165) is 10.9 Å². The van der Waals surface area contributed by atoms with E-state index in [2.05, 4.69) is 21.0 Å². The van der Waals surface area contributed by atoms with Crippen molar-refractivity contribution in [2.75, 3.05) is 0 Å². The summed E-state index contributed by atoms with van der Waals surface area (Å²) in [4.78, 5) is 12.0. The Balaban J connectivity index is 2.74. The van der Waals surface area contributed by atoms with Crippen molar-refractivity contribution in [1.82, 2.24) is 9.78 Å². The molecule has 106 valence electrons. The molecule has 0 radical (unpaired) electrons. The Hall–Kier alpha value is -1.77. The molecular weight excluding hydrogens is 351 g/mol. The van der Waals surface area contributed by atoms with Gasteiger partial charge in [-0.1, -0.05) is 0 Å². The molecule has 2 aromatic rings. The molecule has 2 rings (SSSR count). The van der Waals surface area contributed by atoms with Gasteiger partial charge in [-0.3, -0.25) is 9.48 Å². The van der Waals surface area contributed by atoms with Crippen molar-refractivity contribution in [3.8, 4) is 0 Å². The molecule has 0 unspecified atom stereocenters. The van der Waals surface area contributed by atoms with Gasteiger partial charge in [0.25, 0.3) is 0 Å². The molecule has 1 aromatic heterocycles. The van der Waals surface area contributed by atoms with Crippen molar-refractivity contribution in [2.24, 2.45) is 7.05 Å². The lowest BCUT2D eigenvalue weighted by molar-refractivity contribution is 0.101. The second kappa shape index (κ2) is 4.97. The summed E-state index contributed by atoms with van der Waals surface area (Å²) < 4.78 is 67.1. The van der Waals surface area contributed by atoms with Crippen LogP contribution in [0.5, 0.6) is 0 Å². The van der Waals surface area contributed by atoms with Crippen LogP contribution in [0.2, 0.25) is 0 Å². The zero-order valence-electron chi connectivity index (χ0n) is 9.65. The van der Waals surface area contributed by atoms with Crippen LogP contribution in [0.15, 0.2) is 10.7 Å². The molecule has 0 spiro atoms. The van der Waals surface area contributed by atoms with Crippen molar-refractivity contribution in [3.05, 3.63) is 51.0 Å². The molecule has 0 aliphatic heterocycles. The monoisotopic (exact) mass is 354 g/mol. The van der Waals surface area contributed by atoms with Gasteiger partial charge in [0.15, 0.2) is 23.3 Å². The highest BCUT2D eigenvalue weighted by molar-refractivity contribution is 9.10. The van der Waals surface area contributed by atoms with Gasteiger partial charge < -0.3 is 0 Å². The van der Waals surface area contributed by atoms with Crippen molar-refractivity contribution in [1.29, 1.82) is 0 Å². The van der Waals surface area contributed by atoms with Gasteiger partial charge in [-0.2, -0.15) is 5.10 Å². The highest BCUT2D eigenvalue weighted by atomic mass is 79.9. The van der Waals surface area contributed by atoms with E-state index in [-0.39, 0.29) is 10.2 Å². The van der Waals surface area contributed by atoms with Gasteiger partial charge in [0.1, 0.15) is 11.3 Å². The van der Waals surface area contributed by atoms with Crippen LogP contribution in [0.25, 0.3) is 0 Å². The van der Waals surface area contributed by atoms with Crippen LogP contribution in [-0.4, -0.2) is 15.6 Å². The van der Waals surface area contributed by atoms with E-state index >= 15 is 0 Å². The van der Waals surface area contributed by atoms with Crippen molar-refractivity contribution < 1.29 is 26.7 Å². The summed E-state index contributed by atoms with van der Waals surface area (Å²) in [5.74, 6) is -12.4. The maximum atomic E-state index is 13.5. The van der Waals surface area contributed by atoms with Crippen LogP contribution >= 0.6 is 15.9 Å². The first-order valence-electron chi connectivity index (χ1n) is 5.01. The van der Waals surface area contributed by atoms with Gasteiger partial charge in [0.05, 0.1) is 10.7 Å². The summed E-state index contributed by atoms with van der Waals surface area (Å²) in [7, 11) is 1.28. The summed E-state index contributed by atoms with van der Waals surface area (Å²) >= 11 is 2.90. The Kier molecular flexibility index (Phi) is 3.63. The number of aryl methyl sites for hydroxylation is 1. The number of halogens is 6. The normalized spacial score (nSPS) is 10.9. The second-order valence-electron chi connectivity index (χ2n) is 3.74. The van der Waals surface area contributed by atoms with Crippen LogP contribution in [0.1, 0.15) is 16.1 Å². The standard InChI is InChI=1S/C11H4BrF5N2O/c1-19-10(3(12)2-18-19)11(20)4-5(13)7(15)9(17)8(16)6(4)14/h2H,1H3. The molecule has 0 aliphatic carbocycles. The molecule has 0 N–H and O–H groups in total. The number of ketones is 1. The Morgan fingerprint density at radius 3 is 1.90 bits per heavy atom. The lowest BCUT2D eigenvalue weighted by Gasteiger charge is -2.08. The quantitative estimate of drug-likeness (QED) is 0.359. The van der Waals surface area contributed by atoms with Crippen LogP contribution in [0, 0.1) is 29.1 Å². The highest BCUT2D eigenvalue weighted by Crippen LogP contribution is 2.27. The fourth-order valence-corrected chi connectivity index (χ4v) is 2.12. The number of carbonyl (C=O) groups is 1. The molecule has 20 heavy (non-hydrogen) atoms. The number of aromatic nitrogens is 2. The lowest BCUT2D eigenvalue weighted by Crippen LogP contribution is -2.16. The van der Waals surface area contributed by atoms with E-state index in [0.29, 0.717) is 0 Å². The molecule has 1 heterocycles. The molecule has 0 saturated carbocycles. The van der Waals surface area contributed by atoms with Gasteiger partial charge in [0, 0.05) is 7.05 Å². The molecule has 3 nitrogen and oxygen atoms in total. The first-order valence-corrected chi connectivity index (χ1v) is 5.80. The molecule has 0 saturated heterocycles. The SMILES string of the molecule is Cn1ncc(Br)c1C(=O)c1c(F)c(F)c(F)c(F)c1F. The topological polar surface area (TPSA) is 34.9 Å². The fraction of sp³-hybridized carbons (Fsp3) is 0.0909. The Bertz CT molecular complexity index is 680. The number of nitrogens with zero attached hydrogens (tertiary/aromatic N) is 2. The number of hydrogen-bond acceptors (Lipinski definition) is 2. The minimum atomic E-state index is -2.32. The number of benzene rings is 1. The first-order chi connectivity index (χ1) is 9.27. The average molecular weight is 355 g/mol. The van der Waals surface area contributed by atoms with E-state index in [1.54, 1.807) is 0 Å². The summed E-state index contributed by atoms with van der Waals surface area (Å²) in [6.45, 7) is 0. The maximum Gasteiger partial charge on any atom is 0.218 e. The van der Waals surface area contributed by atoms with Crippen molar-refractivity contribution in [3.63, 3.8) is 0 Å². The second-order valence-corrected chi connectivity index (χ2v) is 4.59. The molecule has 1 aromatic carbocycles. The maximum absolute atomic E-state index is 13.5. The van der Waals surface area contributed by atoms with E-state index in [1.165, 1.54) is 7.05 Å². The molecule has 0 atom stereocenters. The Morgan fingerprint density at radius 1 is 1.05 bits per heavy atom. The van der Waals surface area contributed by atoms with Crippen molar-refractivity contribution in [2.45, 2.75) is 0 Å². The van der Waals surface area contributed by atoms with Gasteiger partial charge in [-0.25, -0.2) is 22.0 Å². The van der Waals surface area contributed by atoms with E-state index in [9.17, 15) is 26.7 Å². The third-order valence-electron chi connectivity index (χ3n) is 2.55. The highest BCUT2D eigenvalue weighted by Gasteiger charge is 2.32. The number of rotatable bonds is 2. The minimum Gasteiger partial charge on any atom is -0.287 e. The molecule has 0 amide bonds. The van der Waals surface area contributed by atoms with Gasteiger partial charge in [0.2, 0.25) is 11.6 Å².